The van der Waals surface area contributed by atoms with Crippen LogP contribution in [0.4, 0.5) is 0 Å². The van der Waals surface area contributed by atoms with Crippen LogP contribution >= 0.6 is 0 Å². The van der Waals surface area contributed by atoms with Crippen molar-refractivity contribution in [3.63, 3.8) is 0 Å². The van der Waals surface area contributed by atoms with Gasteiger partial charge in [0.25, 0.3) is 5.91 Å². The van der Waals surface area contributed by atoms with Crippen molar-refractivity contribution >= 4 is 5.91 Å². The molecule has 0 unspecified atom stereocenters. The summed E-state index contributed by atoms with van der Waals surface area (Å²) in [5.74, 6) is 0.569. The van der Waals surface area contributed by atoms with Crippen molar-refractivity contribution < 1.29 is 9.53 Å². The van der Waals surface area contributed by atoms with E-state index in [9.17, 15) is 4.79 Å². The number of hydrogen-bond acceptors (Lipinski definition) is 6. The minimum atomic E-state index is -0.241. The van der Waals surface area contributed by atoms with E-state index in [1.54, 1.807) is 11.1 Å². The predicted octanol–water partition coefficient (Wildman–Crippen LogP) is 1.10. The van der Waals surface area contributed by atoms with Crippen LogP contribution in [0.25, 0.3) is 0 Å². The molecule has 1 atom stereocenters. The summed E-state index contributed by atoms with van der Waals surface area (Å²) in [6.45, 7) is 5.23. The molecular weight excluding hydrogens is 282 g/mol. The number of aromatic nitrogens is 4. The molecule has 0 aromatic carbocycles. The summed E-state index contributed by atoms with van der Waals surface area (Å²) in [6.07, 6.45) is 4.30. The summed E-state index contributed by atoms with van der Waals surface area (Å²) < 4.78 is 5.77. The molecule has 1 fully saturated rings. The van der Waals surface area contributed by atoms with Gasteiger partial charge in [0.05, 0.1) is 25.0 Å². The van der Waals surface area contributed by atoms with Gasteiger partial charge in [-0.3, -0.25) is 9.78 Å². The number of aryl methyl sites for hydroxylation is 2. The highest BCUT2D eigenvalue weighted by Gasteiger charge is 2.28. The zero-order valence-electron chi connectivity index (χ0n) is 12.6. The standard InChI is InChI=1S/C15H17N5O2/c1-10-7-12(19-11(2)18-10)14-9-20(5-6-22-14)15(21)13-8-16-3-4-17-13/h3-4,7-8,14H,5-6,9H2,1-2H3/t14-/m1/s1. The first-order chi connectivity index (χ1) is 10.6. The molecule has 1 amide bonds. The molecule has 3 rings (SSSR count). The van der Waals surface area contributed by atoms with Crippen LogP contribution in [0.15, 0.2) is 24.7 Å². The van der Waals surface area contributed by atoms with Crippen LogP contribution in [-0.4, -0.2) is 50.4 Å². The summed E-state index contributed by atoms with van der Waals surface area (Å²) in [5, 5.41) is 0. The fourth-order valence-corrected chi connectivity index (χ4v) is 2.49. The molecule has 0 bridgehead atoms. The second-order valence-corrected chi connectivity index (χ2v) is 5.18. The summed E-state index contributed by atoms with van der Waals surface area (Å²) >= 11 is 0. The number of morpholine rings is 1. The van der Waals surface area contributed by atoms with Crippen LogP contribution in [-0.2, 0) is 4.74 Å². The Bertz CT molecular complexity index is 657. The molecular formula is C15H17N5O2. The lowest BCUT2D eigenvalue weighted by molar-refractivity contribution is -0.0250. The predicted molar refractivity (Wildman–Crippen MR) is 78.1 cm³/mol. The van der Waals surface area contributed by atoms with Crippen molar-refractivity contribution in [2.24, 2.45) is 0 Å². The van der Waals surface area contributed by atoms with Crippen LogP contribution in [0.2, 0.25) is 0 Å². The Morgan fingerprint density at radius 2 is 2.18 bits per heavy atom. The summed E-state index contributed by atoms with van der Waals surface area (Å²) in [5.41, 5.74) is 2.04. The van der Waals surface area contributed by atoms with Crippen molar-refractivity contribution in [1.29, 1.82) is 0 Å². The molecule has 0 aliphatic carbocycles. The summed E-state index contributed by atoms with van der Waals surface area (Å²) in [7, 11) is 0. The van der Waals surface area contributed by atoms with Gasteiger partial charge in [0.1, 0.15) is 17.6 Å². The van der Waals surface area contributed by atoms with Gasteiger partial charge >= 0.3 is 0 Å². The smallest absolute Gasteiger partial charge is 0.274 e. The second kappa shape index (κ2) is 6.15. The van der Waals surface area contributed by atoms with E-state index in [1.807, 2.05) is 19.9 Å². The van der Waals surface area contributed by atoms with E-state index in [0.29, 0.717) is 31.2 Å². The zero-order valence-corrected chi connectivity index (χ0v) is 12.6. The highest BCUT2D eigenvalue weighted by molar-refractivity contribution is 5.92. The first-order valence-electron chi connectivity index (χ1n) is 7.12. The van der Waals surface area contributed by atoms with Crippen LogP contribution in [0.3, 0.4) is 0 Å². The van der Waals surface area contributed by atoms with E-state index in [4.69, 9.17) is 4.74 Å². The van der Waals surface area contributed by atoms with Crippen molar-refractivity contribution in [2.75, 3.05) is 19.7 Å². The number of amides is 1. The third-order valence-corrected chi connectivity index (χ3v) is 3.45. The second-order valence-electron chi connectivity index (χ2n) is 5.18. The molecule has 0 saturated carbocycles. The first kappa shape index (κ1) is 14.5. The Labute approximate surface area is 128 Å². The molecule has 1 aliphatic rings. The van der Waals surface area contributed by atoms with Crippen molar-refractivity contribution in [3.05, 3.63) is 47.6 Å². The van der Waals surface area contributed by atoms with Crippen LogP contribution in [0, 0.1) is 13.8 Å². The molecule has 1 aliphatic heterocycles. The highest BCUT2D eigenvalue weighted by Crippen LogP contribution is 2.22. The molecule has 7 nitrogen and oxygen atoms in total. The quantitative estimate of drug-likeness (QED) is 0.826. The van der Waals surface area contributed by atoms with Gasteiger partial charge in [-0.1, -0.05) is 0 Å². The third kappa shape index (κ3) is 3.09. The SMILES string of the molecule is Cc1cc([C@H]2CN(C(=O)c3cnccn3)CCO2)nc(C)n1. The molecule has 2 aromatic heterocycles. The maximum Gasteiger partial charge on any atom is 0.274 e. The molecule has 114 valence electrons. The maximum absolute atomic E-state index is 12.4. The Hall–Kier alpha value is -2.41. The number of hydrogen-bond donors (Lipinski definition) is 0. The Morgan fingerprint density at radius 1 is 1.32 bits per heavy atom. The van der Waals surface area contributed by atoms with Crippen LogP contribution < -0.4 is 0 Å². The van der Waals surface area contributed by atoms with Gasteiger partial charge in [-0.05, 0) is 19.9 Å². The molecule has 22 heavy (non-hydrogen) atoms. The Morgan fingerprint density at radius 3 is 2.91 bits per heavy atom. The molecule has 0 radical (unpaired) electrons. The van der Waals surface area contributed by atoms with E-state index >= 15 is 0 Å². The number of ether oxygens (including phenoxy) is 1. The van der Waals surface area contributed by atoms with Gasteiger partial charge in [0.2, 0.25) is 0 Å². The van der Waals surface area contributed by atoms with Gasteiger partial charge in [0.15, 0.2) is 0 Å². The number of carbonyl (C=O) groups is 1. The normalized spacial score (nSPS) is 18.3. The minimum absolute atomic E-state index is 0.135. The van der Waals surface area contributed by atoms with Crippen molar-refractivity contribution in [1.82, 2.24) is 24.8 Å². The largest absolute Gasteiger partial charge is 0.368 e. The minimum Gasteiger partial charge on any atom is -0.368 e. The number of carbonyl (C=O) groups excluding carboxylic acids is 1. The van der Waals surface area contributed by atoms with Crippen LogP contribution in [0.5, 0.6) is 0 Å². The van der Waals surface area contributed by atoms with Crippen molar-refractivity contribution in [2.45, 2.75) is 20.0 Å². The van der Waals surface area contributed by atoms with E-state index in [-0.39, 0.29) is 12.0 Å². The van der Waals surface area contributed by atoms with Crippen molar-refractivity contribution in [3.8, 4) is 0 Å². The molecule has 2 aromatic rings. The topological polar surface area (TPSA) is 81.1 Å². The van der Waals surface area contributed by atoms with Gasteiger partial charge in [-0.15, -0.1) is 0 Å². The van der Waals surface area contributed by atoms with E-state index in [2.05, 4.69) is 19.9 Å². The Balaban J connectivity index is 1.78. The lowest BCUT2D eigenvalue weighted by atomic mass is 10.1. The summed E-state index contributed by atoms with van der Waals surface area (Å²) in [6, 6.07) is 1.90. The lowest BCUT2D eigenvalue weighted by Gasteiger charge is -2.32. The zero-order chi connectivity index (χ0) is 15.5. The highest BCUT2D eigenvalue weighted by atomic mass is 16.5. The molecule has 1 saturated heterocycles. The molecule has 0 N–H and O–H groups in total. The van der Waals surface area contributed by atoms with E-state index in [0.717, 1.165) is 11.4 Å². The maximum atomic E-state index is 12.4. The Kier molecular flexibility index (Phi) is 4.06. The van der Waals surface area contributed by atoms with E-state index in [1.165, 1.54) is 12.4 Å². The molecule has 3 heterocycles. The van der Waals surface area contributed by atoms with Gasteiger partial charge in [-0.25, -0.2) is 15.0 Å². The average Bonchev–Trinajstić information content (AvgIpc) is 2.54. The van der Waals surface area contributed by atoms with E-state index < -0.39 is 0 Å². The van der Waals surface area contributed by atoms with Gasteiger partial charge < -0.3 is 9.64 Å². The average molecular weight is 299 g/mol. The molecule has 0 spiro atoms. The molecule has 7 heteroatoms. The fraction of sp³-hybridized carbons (Fsp3) is 0.400. The summed E-state index contributed by atoms with van der Waals surface area (Å²) in [4.78, 5) is 30.9. The van der Waals surface area contributed by atoms with Gasteiger partial charge in [-0.2, -0.15) is 0 Å². The number of nitrogens with zero attached hydrogens (tertiary/aromatic N) is 5. The number of rotatable bonds is 2. The van der Waals surface area contributed by atoms with Gasteiger partial charge in [0, 0.05) is 24.6 Å². The fourth-order valence-electron chi connectivity index (χ4n) is 2.49. The lowest BCUT2D eigenvalue weighted by Crippen LogP contribution is -2.42. The van der Waals surface area contributed by atoms with Crippen LogP contribution in [0.1, 0.15) is 33.8 Å². The first-order valence-corrected chi connectivity index (χ1v) is 7.12. The monoisotopic (exact) mass is 299 g/mol. The third-order valence-electron chi connectivity index (χ3n) is 3.45.